The molecule has 0 spiro atoms. The Balaban J connectivity index is 1.79. The van der Waals surface area contributed by atoms with Crippen molar-refractivity contribution in [2.24, 2.45) is 0 Å². The average Bonchev–Trinajstić information content (AvgIpc) is 2.84. The van der Waals surface area contributed by atoms with Gasteiger partial charge in [0.25, 0.3) is 5.91 Å². The molecule has 0 radical (unpaired) electrons. The van der Waals surface area contributed by atoms with Crippen LogP contribution in [-0.4, -0.2) is 67.1 Å². The number of amides is 2. The molecule has 0 saturated carbocycles. The number of benzene rings is 2. The van der Waals surface area contributed by atoms with Gasteiger partial charge in [-0.3, -0.25) is 9.59 Å². The van der Waals surface area contributed by atoms with E-state index in [2.05, 4.69) is 6.07 Å². The summed E-state index contributed by atoms with van der Waals surface area (Å²) >= 11 is 0. The SMILES string of the molecule is CCCN(Cc1ccc(C#N)cc1)C(=O)c1cccc(S(=O)(=O)N2CCN(C(C)=O)CC2)c1. The first-order valence-corrected chi connectivity index (χ1v) is 12.3. The van der Waals surface area contributed by atoms with Crippen LogP contribution in [-0.2, 0) is 21.4 Å². The molecular formula is C24H28N4O4S. The molecule has 3 rings (SSSR count). The lowest BCUT2D eigenvalue weighted by Crippen LogP contribution is -2.49. The Morgan fingerprint density at radius 3 is 2.30 bits per heavy atom. The molecule has 33 heavy (non-hydrogen) atoms. The van der Waals surface area contributed by atoms with Crippen LogP contribution in [0.5, 0.6) is 0 Å². The molecule has 0 N–H and O–H groups in total. The van der Waals surface area contributed by atoms with E-state index >= 15 is 0 Å². The molecule has 0 bridgehead atoms. The number of carbonyl (C=O) groups is 2. The highest BCUT2D eigenvalue weighted by Crippen LogP contribution is 2.20. The van der Waals surface area contributed by atoms with Gasteiger partial charge in [0, 0.05) is 51.8 Å². The molecule has 1 aliphatic rings. The maximum absolute atomic E-state index is 13.3. The quantitative estimate of drug-likeness (QED) is 0.621. The van der Waals surface area contributed by atoms with Gasteiger partial charge in [-0.15, -0.1) is 0 Å². The molecule has 2 amide bonds. The summed E-state index contributed by atoms with van der Waals surface area (Å²) in [5.74, 6) is -0.322. The largest absolute Gasteiger partial charge is 0.340 e. The molecule has 0 unspecified atom stereocenters. The molecule has 8 nitrogen and oxygen atoms in total. The van der Waals surface area contributed by atoms with Gasteiger partial charge in [-0.2, -0.15) is 9.57 Å². The number of carbonyl (C=O) groups excluding carboxylic acids is 2. The summed E-state index contributed by atoms with van der Waals surface area (Å²) in [7, 11) is -3.78. The Morgan fingerprint density at radius 1 is 1.06 bits per heavy atom. The Bertz CT molecular complexity index is 1150. The summed E-state index contributed by atoms with van der Waals surface area (Å²) in [4.78, 5) is 28.2. The summed E-state index contributed by atoms with van der Waals surface area (Å²) in [6, 6.07) is 15.3. The second-order valence-electron chi connectivity index (χ2n) is 7.97. The van der Waals surface area contributed by atoms with Crippen molar-refractivity contribution in [2.75, 3.05) is 32.7 Å². The van der Waals surface area contributed by atoms with Crippen LogP contribution in [0.25, 0.3) is 0 Å². The van der Waals surface area contributed by atoms with Crippen LogP contribution < -0.4 is 0 Å². The van der Waals surface area contributed by atoms with Crippen molar-refractivity contribution in [3.8, 4) is 6.07 Å². The fraction of sp³-hybridized carbons (Fsp3) is 0.375. The molecule has 1 aliphatic heterocycles. The zero-order chi connectivity index (χ0) is 24.0. The van der Waals surface area contributed by atoms with E-state index < -0.39 is 10.0 Å². The molecule has 0 aliphatic carbocycles. The second-order valence-corrected chi connectivity index (χ2v) is 9.91. The first-order valence-electron chi connectivity index (χ1n) is 10.9. The van der Waals surface area contributed by atoms with Crippen molar-refractivity contribution in [3.05, 3.63) is 65.2 Å². The fourth-order valence-corrected chi connectivity index (χ4v) is 5.26. The highest BCUT2D eigenvalue weighted by molar-refractivity contribution is 7.89. The predicted octanol–water partition coefficient (Wildman–Crippen LogP) is 2.46. The monoisotopic (exact) mass is 468 g/mol. The first kappa shape index (κ1) is 24.4. The lowest BCUT2D eigenvalue weighted by atomic mass is 10.1. The standard InChI is InChI=1S/C24H28N4O4S/c1-3-11-27(18-21-9-7-20(17-25)8-10-21)24(30)22-5-4-6-23(16-22)33(31,32)28-14-12-26(13-15-28)19(2)29/h4-10,16H,3,11-15,18H2,1-2H3. The van der Waals surface area contributed by atoms with Crippen molar-refractivity contribution in [2.45, 2.75) is 31.7 Å². The van der Waals surface area contributed by atoms with Crippen molar-refractivity contribution in [3.63, 3.8) is 0 Å². The van der Waals surface area contributed by atoms with E-state index in [1.165, 1.54) is 23.4 Å². The third-order valence-corrected chi connectivity index (χ3v) is 7.53. The summed E-state index contributed by atoms with van der Waals surface area (Å²) in [5.41, 5.74) is 1.75. The third kappa shape index (κ3) is 5.78. The molecule has 1 saturated heterocycles. The lowest BCUT2D eigenvalue weighted by Gasteiger charge is -2.33. The van der Waals surface area contributed by atoms with Gasteiger partial charge < -0.3 is 9.80 Å². The maximum Gasteiger partial charge on any atom is 0.254 e. The second kappa shape index (κ2) is 10.6. The highest BCUT2D eigenvalue weighted by atomic mass is 32.2. The molecule has 9 heteroatoms. The minimum absolute atomic E-state index is 0.0689. The number of sulfonamides is 1. The van der Waals surface area contributed by atoms with Crippen molar-refractivity contribution < 1.29 is 18.0 Å². The van der Waals surface area contributed by atoms with Gasteiger partial charge in [-0.25, -0.2) is 8.42 Å². The van der Waals surface area contributed by atoms with Gasteiger partial charge in [-0.05, 0) is 42.3 Å². The van der Waals surface area contributed by atoms with Gasteiger partial charge in [0.1, 0.15) is 0 Å². The topological polar surface area (TPSA) is 102 Å². The Hall–Kier alpha value is -3.22. The first-order chi connectivity index (χ1) is 15.8. The van der Waals surface area contributed by atoms with Crippen LogP contribution in [0, 0.1) is 11.3 Å². The van der Waals surface area contributed by atoms with Gasteiger partial charge >= 0.3 is 0 Å². The molecule has 2 aromatic carbocycles. The molecule has 2 aromatic rings. The maximum atomic E-state index is 13.3. The van der Waals surface area contributed by atoms with Gasteiger partial charge in [0.2, 0.25) is 15.9 Å². The number of piperazine rings is 1. The van der Waals surface area contributed by atoms with E-state index in [4.69, 9.17) is 5.26 Å². The van der Waals surface area contributed by atoms with Crippen molar-refractivity contribution in [1.29, 1.82) is 5.26 Å². The zero-order valence-corrected chi connectivity index (χ0v) is 19.7. The van der Waals surface area contributed by atoms with E-state index in [1.807, 2.05) is 19.1 Å². The van der Waals surface area contributed by atoms with Gasteiger partial charge in [0.05, 0.1) is 16.5 Å². The minimum atomic E-state index is -3.78. The lowest BCUT2D eigenvalue weighted by molar-refractivity contribution is -0.129. The van der Waals surface area contributed by atoms with E-state index in [9.17, 15) is 18.0 Å². The van der Waals surface area contributed by atoms with Crippen LogP contribution in [0.15, 0.2) is 53.4 Å². The molecule has 1 fully saturated rings. The number of nitriles is 1. The van der Waals surface area contributed by atoms with E-state index in [1.54, 1.807) is 34.1 Å². The van der Waals surface area contributed by atoms with Gasteiger partial charge in [-0.1, -0.05) is 25.1 Å². The van der Waals surface area contributed by atoms with Crippen LogP contribution in [0.2, 0.25) is 0 Å². The molecule has 1 heterocycles. The summed E-state index contributed by atoms with van der Waals surface area (Å²) < 4.78 is 27.7. The smallest absolute Gasteiger partial charge is 0.254 e. The van der Waals surface area contributed by atoms with Crippen molar-refractivity contribution >= 4 is 21.8 Å². The summed E-state index contributed by atoms with van der Waals surface area (Å²) in [5, 5.41) is 8.97. The number of hydrogen-bond donors (Lipinski definition) is 0. The van der Waals surface area contributed by atoms with Crippen LogP contribution in [0.1, 0.15) is 41.8 Å². The molecule has 0 aromatic heterocycles. The van der Waals surface area contributed by atoms with Crippen LogP contribution >= 0.6 is 0 Å². The van der Waals surface area contributed by atoms with Crippen molar-refractivity contribution in [1.82, 2.24) is 14.1 Å². The Morgan fingerprint density at radius 2 is 1.73 bits per heavy atom. The third-order valence-electron chi connectivity index (χ3n) is 5.64. The normalized spacial score (nSPS) is 14.5. The van der Waals surface area contributed by atoms with E-state index in [0.29, 0.717) is 37.3 Å². The number of hydrogen-bond acceptors (Lipinski definition) is 5. The predicted molar refractivity (Wildman–Crippen MR) is 124 cm³/mol. The summed E-state index contributed by atoms with van der Waals surface area (Å²) in [6.45, 7) is 5.47. The number of rotatable bonds is 7. The molecule has 0 atom stereocenters. The Kier molecular flexibility index (Phi) is 7.84. The average molecular weight is 469 g/mol. The number of nitrogens with zero attached hydrogens (tertiary/aromatic N) is 4. The van der Waals surface area contributed by atoms with E-state index in [0.717, 1.165) is 12.0 Å². The molecular weight excluding hydrogens is 440 g/mol. The summed E-state index contributed by atoms with van der Waals surface area (Å²) in [6.07, 6.45) is 0.750. The zero-order valence-electron chi connectivity index (χ0n) is 18.9. The van der Waals surface area contributed by atoms with Crippen LogP contribution in [0.3, 0.4) is 0 Å². The highest BCUT2D eigenvalue weighted by Gasteiger charge is 2.30. The van der Waals surface area contributed by atoms with Gasteiger partial charge in [0.15, 0.2) is 0 Å². The van der Waals surface area contributed by atoms with Crippen LogP contribution in [0.4, 0.5) is 0 Å². The van der Waals surface area contributed by atoms with E-state index in [-0.39, 0.29) is 29.8 Å². The molecule has 174 valence electrons. The fourth-order valence-electron chi connectivity index (χ4n) is 3.79. The Labute approximate surface area is 195 Å². The minimum Gasteiger partial charge on any atom is -0.340 e.